The minimum atomic E-state index is -0.381. The molecule has 1 aromatic heterocycles. The molecule has 2 heterocycles. The van der Waals surface area contributed by atoms with Crippen LogP contribution in [0, 0.1) is 23.0 Å². The van der Waals surface area contributed by atoms with Crippen molar-refractivity contribution in [1.29, 1.82) is 0 Å². The molecule has 0 spiro atoms. The van der Waals surface area contributed by atoms with Crippen LogP contribution in [0.2, 0.25) is 0 Å². The largest absolute Gasteiger partial charge is 0.361 e. The van der Waals surface area contributed by atoms with E-state index < -0.39 is 0 Å². The van der Waals surface area contributed by atoms with Crippen LogP contribution in [-0.2, 0) is 0 Å². The van der Waals surface area contributed by atoms with Gasteiger partial charge in [-0.1, -0.05) is 6.92 Å². The molecule has 2 rings (SSSR count). The second-order valence-electron chi connectivity index (χ2n) is 5.36. The Bertz CT molecular complexity index is 478. The quantitative estimate of drug-likeness (QED) is 0.668. The van der Waals surface area contributed by atoms with Crippen LogP contribution in [0.3, 0.4) is 0 Å². The van der Waals surface area contributed by atoms with Crippen molar-refractivity contribution in [2.45, 2.75) is 26.3 Å². The molecule has 1 saturated heterocycles. The lowest BCUT2D eigenvalue weighted by Crippen LogP contribution is -2.43. The highest BCUT2D eigenvalue weighted by molar-refractivity contribution is 5.56. The molecule has 1 aromatic rings. The van der Waals surface area contributed by atoms with Crippen molar-refractivity contribution in [3.05, 3.63) is 27.9 Å². The van der Waals surface area contributed by atoms with Crippen molar-refractivity contribution in [3.63, 3.8) is 0 Å². The van der Waals surface area contributed by atoms with Gasteiger partial charge in [-0.2, -0.15) is 0 Å². The molecule has 1 aliphatic heterocycles. The van der Waals surface area contributed by atoms with Crippen molar-refractivity contribution < 1.29 is 4.92 Å². The highest BCUT2D eigenvalue weighted by Crippen LogP contribution is 2.26. The maximum Gasteiger partial charge on any atom is 0.311 e. The molecule has 0 saturated carbocycles. The summed E-state index contributed by atoms with van der Waals surface area (Å²) in [5.74, 6) is 0.840. The van der Waals surface area contributed by atoms with Gasteiger partial charge >= 0.3 is 5.69 Å². The minimum absolute atomic E-state index is 0.0525. The number of anilines is 1. The number of likely N-dealkylation sites (tertiary alicyclic amines) is 1. The van der Waals surface area contributed by atoms with Crippen molar-refractivity contribution in [3.8, 4) is 0 Å². The van der Waals surface area contributed by atoms with E-state index in [0.29, 0.717) is 11.7 Å². The SMILES string of the molecule is Cc1ccc([N+](=O)[O-])c(NC2CCN(C)CC2C)n1. The zero-order valence-electron chi connectivity index (χ0n) is 11.6. The number of hydrogen-bond acceptors (Lipinski definition) is 5. The third-order valence-corrected chi connectivity index (χ3v) is 3.64. The molecule has 2 atom stereocenters. The Kier molecular flexibility index (Phi) is 3.99. The van der Waals surface area contributed by atoms with Crippen LogP contribution in [0.4, 0.5) is 11.5 Å². The number of hydrogen-bond donors (Lipinski definition) is 1. The van der Waals surface area contributed by atoms with Crippen LogP contribution in [-0.4, -0.2) is 41.0 Å². The zero-order valence-corrected chi connectivity index (χ0v) is 11.6. The van der Waals surface area contributed by atoms with Crippen molar-refractivity contribution in [2.24, 2.45) is 5.92 Å². The molecular weight excluding hydrogens is 244 g/mol. The van der Waals surface area contributed by atoms with Crippen LogP contribution < -0.4 is 5.32 Å². The van der Waals surface area contributed by atoms with E-state index >= 15 is 0 Å². The Morgan fingerprint density at radius 3 is 2.89 bits per heavy atom. The number of pyridine rings is 1. The van der Waals surface area contributed by atoms with Gasteiger partial charge in [0, 0.05) is 24.3 Å². The third-order valence-electron chi connectivity index (χ3n) is 3.64. The summed E-state index contributed by atoms with van der Waals surface area (Å²) in [7, 11) is 2.10. The summed E-state index contributed by atoms with van der Waals surface area (Å²) in [4.78, 5) is 17.2. The normalized spacial score (nSPS) is 24.2. The topological polar surface area (TPSA) is 71.3 Å². The number of nitrogens with one attached hydrogen (secondary N) is 1. The average Bonchev–Trinajstić information content (AvgIpc) is 2.32. The Morgan fingerprint density at radius 2 is 2.26 bits per heavy atom. The van der Waals surface area contributed by atoms with Gasteiger partial charge < -0.3 is 10.2 Å². The van der Waals surface area contributed by atoms with E-state index in [1.807, 2.05) is 6.92 Å². The number of nitrogens with zero attached hydrogens (tertiary/aromatic N) is 3. The van der Waals surface area contributed by atoms with Gasteiger partial charge in [-0.05, 0) is 38.9 Å². The van der Waals surface area contributed by atoms with Crippen LogP contribution in [0.15, 0.2) is 12.1 Å². The number of piperidine rings is 1. The van der Waals surface area contributed by atoms with E-state index in [1.54, 1.807) is 6.07 Å². The molecule has 19 heavy (non-hydrogen) atoms. The predicted molar refractivity (Wildman–Crippen MR) is 74.3 cm³/mol. The van der Waals surface area contributed by atoms with Crippen molar-refractivity contribution in [1.82, 2.24) is 9.88 Å². The van der Waals surface area contributed by atoms with Crippen molar-refractivity contribution >= 4 is 11.5 Å². The molecule has 0 aliphatic carbocycles. The van der Waals surface area contributed by atoms with Gasteiger partial charge in [0.05, 0.1) is 4.92 Å². The lowest BCUT2D eigenvalue weighted by atomic mass is 9.94. The van der Waals surface area contributed by atoms with Crippen molar-refractivity contribution in [2.75, 3.05) is 25.5 Å². The van der Waals surface area contributed by atoms with Gasteiger partial charge in [-0.25, -0.2) is 4.98 Å². The molecule has 6 heteroatoms. The zero-order chi connectivity index (χ0) is 14.0. The Morgan fingerprint density at radius 1 is 1.53 bits per heavy atom. The summed E-state index contributed by atoms with van der Waals surface area (Å²) >= 11 is 0. The first-order valence-electron chi connectivity index (χ1n) is 6.54. The fourth-order valence-corrected chi connectivity index (χ4v) is 2.55. The summed E-state index contributed by atoms with van der Waals surface area (Å²) in [5, 5.41) is 14.3. The molecule has 0 aromatic carbocycles. The number of rotatable bonds is 3. The van der Waals surface area contributed by atoms with Gasteiger partial charge in [-0.3, -0.25) is 10.1 Å². The summed E-state index contributed by atoms with van der Waals surface area (Å²) < 4.78 is 0. The molecule has 0 bridgehead atoms. The van der Waals surface area contributed by atoms with E-state index in [-0.39, 0.29) is 16.7 Å². The molecule has 0 amide bonds. The minimum Gasteiger partial charge on any atom is -0.361 e. The molecule has 6 nitrogen and oxygen atoms in total. The van der Waals surface area contributed by atoms with Gasteiger partial charge in [0.25, 0.3) is 0 Å². The number of aryl methyl sites for hydroxylation is 1. The van der Waals surface area contributed by atoms with Crippen LogP contribution in [0.5, 0.6) is 0 Å². The average molecular weight is 264 g/mol. The first-order valence-corrected chi connectivity index (χ1v) is 6.54. The Balaban J connectivity index is 2.18. The van der Waals surface area contributed by atoms with Gasteiger partial charge in [0.2, 0.25) is 5.82 Å². The van der Waals surface area contributed by atoms with E-state index in [1.165, 1.54) is 6.07 Å². The summed E-state index contributed by atoms with van der Waals surface area (Å²) in [5.41, 5.74) is 0.838. The summed E-state index contributed by atoms with van der Waals surface area (Å²) in [6.07, 6.45) is 0.977. The first-order chi connectivity index (χ1) is 8.97. The lowest BCUT2D eigenvalue weighted by molar-refractivity contribution is -0.384. The van der Waals surface area contributed by atoms with Gasteiger partial charge in [-0.15, -0.1) is 0 Å². The molecule has 1 aliphatic rings. The molecule has 104 valence electrons. The highest BCUT2D eigenvalue weighted by atomic mass is 16.6. The maximum absolute atomic E-state index is 11.0. The van der Waals surface area contributed by atoms with E-state index in [0.717, 1.165) is 25.2 Å². The van der Waals surface area contributed by atoms with E-state index in [2.05, 4.69) is 29.2 Å². The summed E-state index contributed by atoms with van der Waals surface area (Å²) in [6, 6.07) is 3.43. The molecule has 0 radical (unpaired) electrons. The number of nitro groups is 1. The van der Waals surface area contributed by atoms with E-state index in [9.17, 15) is 10.1 Å². The second kappa shape index (κ2) is 5.52. The van der Waals surface area contributed by atoms with Crippen LogP contribution >= 0.6 is 0 Å². The van der Waals surface area contributed by atoms with Crippen LogP contribution in [0.25, 0.3) is 0 Å². The smallest absolute Gasteiger partial charge is 0.311 e. The maximum atomic E-state index is 11.0. The van der Waals surface area contributed by atoms with Gasteiger partial charge in [0.1, 0.15) is 0 Å². The van der Waals surface area contributed by atoms with Gasteiger partial charge in [0.15, 0.2) is 0 Å². The lowest BCUT2D eigenvalue weighted by Gasteiger charge is -2.35. The van der Waals surface area contributed by atoms with E-state index in [4.69, 9.17) is 0 Å². The highest BCUT2D eigenvalue weighted by Gasteiger charge is 2.26. The first kappa shape index (κ1) is 13.7. The second-order valence-corrected chi connectivity index (χ2v) is 5.36. The molecule has 2 unspecified atom stereocenters. The predicted octanol–water partition coefficient (Wildman–Crippen LogP) is 2.05. The fourth-order valence-electron chi connectivity index (χ4n) is 2.55. The van der Waals surface area contributed by atoms with Crippen LogP contribution in [0.1, 0.15) is 19.0 Å². The monoisotopic (exact) mass is 264 g/mol. The molecule has 1 fully saturated rings. The summed E-state index contributed by atoms with van der Waals surface area (Å²) in [6.45, 7) is 6.00. The Hall–Kier alpha value is -1.69. The molecular formula is C13H20N4O2. The third kappa shape index (κ3) is 3.20. The molecule has 1 N–H and O–H groups in total. The fraction of sp³-hybridized carbons (Fsp3) is 0.615. The number of aromatic nitrogens is 1. The standard InChI is InChI=1S/C13H20N4O2/c1-9-8-16(3)7-6-11(9)15-13-12(17(18)19)5-4-10(2)14-13/h4-5,9,11H,6-8H2,1-3H3,(H,14,15). The Labute approximate surface area is 113 Å².